The van der Waals surface area contributed by atoms with Gasteiger partial charge in [0.05, 0.1) is 5.92 Å². The Morgan fingerprint density at radius 1 is 0.931 bits per heavy atom. The van der Waals surface area contributed by atoms with E-state index in [1.807, 2.05) is 32.9 Å². The maximum absolute atomic E-state index is 15.0. The number of halogens is 2. The second-order valence-electron chi connectivity index (χ2n) is 10.4. The number of allylic oxidation sites excluding steroid dienone is 5. The molecule has 164 valence electrons. The molecule has 3 aliphatic rings. The first kappa shape index (κ1) is 22.6. The molecule has 0 saturated heterocycles. The van der Waals surface area contributed by atoms with Gasteiger partial charge in [0, 0.05) is 5.41 Å². The van der Waals surface area contributed by atoms with Crippen molar-refractivity contribution >= 4 is 0 Å². The summed E-state index contributed by atoms with van der Waals surface area (Å²) in [4.78, 5) is 0. The number of alkyl halides is 2. The Morgan fingerprint density at radius 2 is 1.52 bits per heavy atom. The molecule has 0 spiro atoms. The third-order valence-corrected chi connectivity index (χ3v) is 7.38. The zero-order chi connectivity index (χ0) is 21.1. The van der Waals surface area contributed by atoms with Gasteiger partial charge < -0.3 is 4.74 Å². The summed E-state index contributed by atoms with van der Waals surface area (Å²) < 4.78 is 35.2. The monoisotopic (exact) mass is 406 g/mol. The Labute approximate surface area is 176 Å². The minimum absolute atomic E-state index is 0.284. The fraction of sp³-hybridized carbons (Fsp3) is 0.769. The first-order valence-electron chi connectivity index (χ1n) is 11.9. The lowest BCUT2D eigenvalue weighted by Gasteiger charge is -2.39. The van der Waals surface area contributed by atoms with E-state index in [-0.39, 0.29) is 5.41 Å². The van der Waals surface area contributed by atoms with Gasteiger partial charge in [0.1, 0.15) is 5.76 Å². The molecule has 0 bridgehead atoms. The Kier molecular flexibility index (Phi) is 7.27. The summed E-state index contributed by atoms with van der Waals surface area (Å²) in [5.74, 6) is 1.95. The van der Waals surface area contributed by atoms with Gasteiger partial charge in [-0.15, -0.1) is 0 Å². The quantitative estimate of drug-likeness (QED) is 0.430. The van der Waals surface area contributed by atoms with Crippen LogP contribution in [0.5, 0.6) is 0 Å². The summed E-state index contributed by atoms with van der Waals surface area (Å²) in [5, 5.41) is 0. The van der Waals surface area contributed by atoms with Crippen LogP contribution in [0.1, 0.15) is 91.9 Å². The highest BCUT2D eigenvalue weighted by Gasteiger charge is 2.45. The number of ether oxygens (including phenoxy) is 1. The molecule has 0 atom stereocenters. The summed E-state index contributed by atoms with van der Waals surface area (Å²) in [6.07, 6.45) is 15.4. The van der Waals surface area contributed by atoms with E-state index in [1.54, 1.807) is 6.08 Å². The Bertz CT molecular complexity index is 627. The predicted molar refractivity (Wildman–Crippen MR) is 117 cm³/mol. The van der Waals surface area contributed by atoms with Crippen LogP contribution >= 0.6 is 0 Å². The molecule has 0 unspecified atom stereocenters. The van der Waals surface area contributed by atoms with Crippen LogP contribution in [0, 0.1) is 29.1 Å². The average molecular weight is 407 g/mol. The van der Waals surface area contributed by atoms with Crippen molar-refractivity contribution in [2.24, 2.45) is 29.1 Å². The average Bonchev–Trinajstić information content (AvgIpc) is 2.79. The highest BCUT2D eigenvalue weighted by Crippen LogP contribution is 2.46. The summed E-state index contributed by atoms with van der Waals surface area (Å²) in [7, 11) is 0. The van der Waals surface area contributed by atoms with Crippen molar-refractivity contribution in [1.82, 2.24) is 0 Å². The van der Waals surface area contributed by atoms with E-state index in [9.17, 15) is 8.78 Å². The molecule has 0 aromatic heterocycles. The molecule has 0 radical (unpaired) electrons. The van der Waals surface area contributed by atoms with E-state index in [1.165, 1.54) is 38.5 Å². The fourth-order valence-electron chi connectivity index (χ4n) is 5.89. The number of hydrogen-bond donors (Lipinski definition) is 0. The van der Waals surface area contributed by atoms with E-state index in [4.69, 9.17) is 4.74 Å². The molecular weight excluding hydrogens is 366 g/mol. The van der Waals surface area contributed by atoms with E-state index < -0.39 is 12.0 Å². The van der Waals surface area contributed by atoms with Crippen molar-refractivity contribution < 1.29 is 13.5 Å². The second kappa shape index (κ2) is 9.35. The highest BCUT2D eigenvalue weighted by molar-refractivity contribution is 5.32. The highest BCUT2D eigenvalue weighted by atomic mass is 19.3. The maximum Gasteiger partial charge on any atom is 0.400 e. The smallest absolute Gasteiger partial charge is 0.400 e. The predicted octanol–water partition coefficient (Wildman–Crippen LogP) is 8.43. The normalized spacial score (nSPS) is 32.9. The minimum Gasteiger partial charge on any atom is -0.433 e. The molecule has 3 rings (SSSR count). The van der Waals surface area contributed by atoms with E-state index in [2.05, 4.69) is 13.0 Å². The van der Waals surface area contributed by atoms with Gasteiger partial charge in [-0.3, -0.25) is 0 Å². The third-order valence-electron chi connectivity index (χ3n) is 7.38. The van der Waals surface area contributed by atoms with Crippen LogP contribution in [-0.2, 0) is 4.74 Å². The molecule has 0 N–H and O–H groups in total. The largest absolute Gasteiger partial charge is 0.433 e. The lowest BCUT2D eigenvalue weighted by molar-refractivity contribution is -0.254. The molecule has 29 heavy (non-hydrogen) atoms. The van der Waals surface area contributed by atoms with Gasteiger partial charge in [-0.1, -0.05) is 64.2 Å². The van der Waals surface area contributed by atoms with Crippen LogP contribution in [-0.4, -0.2) is 6.11 Å². The lowest BCUT2D eigenvalue weighted by Crippen LogP contribution is -2.36. The minimum atomic E-state index is -3.09. The van der Waals surface area contributed by atoms with Crippen molar-refractivity contribution in [3.8, 4) is 0 Å². The molecule has 3 heteroatoms. The maximum atomic E-state index is 15.0. The molecule has 0 aromatic rings. The molecule has 0 amide bonds. The van der Waals surface area contributed by atoms with Crippen molar-refractivity contribution in [2.75, 3.05) is 0 Å². The number of rotatable bonds is 6. The summed E-state index contributed by atoms with van der Waals surface area (Å²) in [6, 6.07) is 0. The van der Waals surface area contributed by atoms with Crippen molar-refractivity contribution in [1.29, 1.82) is 0 Å². The van der Waals surface area contributed by atoms with Crippen molar-refractivity contribution in [3.05, 3.63) is 35.6 Å². The van der Waals surface area contributed by atoms with Crippen molar-refractivity contribution in [3.63, 3.8) is 0 Å². The van der Waals surface area contributed by atoms with Gasteiger partial charge in [-0.25, -0.2) is 0 Å². The third kappa shape index (κ3) is 6.18. The molecular formula is C26H40F2O. The van der Waals surface area contributed by atoms with Gasteiger partial charge in [-0.2, -0.15) is 8.78 Å². The first-order chi connectivity index (χ1) is 13.7. The lowest BCUT2D eigenvalue weighted by atomic mass is 9.68. The second-order valence-corrected chi connectivity index (χ2v) is 10.4. The van der Waals surface area contributed by atoms with Gasteiger partial charge in [0.2, 0.25) is 0 Å². The topological polar surface area (TPSA) is 9.23 Å². The van der Waals surface area contributed by atoms with E-state index >= 15 is 0 Å². The number of hydrogen-bond acceptors (Lipinski definition) is 1. The van der Waals surface area contributed by atoms with Crippen LogP contribution in [0.2, 0.25) is 0 Å². The van der Waals surface area contributed by atoms with Crippen LogP contribution in [0.25, 0.3) is 0 Å². The van der Waals surface area contributed by atoms with Crippen LogP contribution < -0.4 is 0 Å². The standard InChI is InChI=1S/C26H40F2O/c1-5-6-20-8-10-21(11-9-20)22-12-14-23(15-13-22)26(27,28)29-24-16-7-19(2)17-25(3,4)18-24/h7,16-18,20-23H,5-6,8-15H2,1-4H3. The molecule has 0 aromatic carbocycles. The van der Waals surface area contributed by atoms with Gasteiger partial charge >= 0.3 is 6.11 Å². The van der Waals surface area contributed by atoms with Crippen LogP contribution in [0.4, 0.5) is 8.78 Å². The summed E-state index contributed by atoms with van der Waals surface area (Å²) in [6.45, 7) is 8.30. The zero-order valence-electron chi connectivity index (χ0n) is 18.9. The van der Waals surface area contributed by atoms with Crippen molar-refractivity contribution in [2.45, 2.75) is 98.0 Å². The molecule has 1 nitrogen and oxygen atoms in total. The molecule has 2 fully saturated rings. The fourth-order valence-corrected chi connectivity index (χ4v) is 5.89. The SMILES string of the molecule is CCCC1CCC(C2CCC(C(F)(F)OC3=CC(C)(C)C=C(C)C=C3)CC2)CC1. The van der Waals surface area contributed by atoms with Gasteiger partial charge in [-0.05, 0) is 75.4 Å². The van der Waals surface area contributed by atoms with Gasteiger partial charge in [0.25, 0.3) is 0 Å². The first-order valence-corrected chi connectivity index (χ1v) is 11.9. The van der Waals surface area contributed by atoms with Crippen LogP contribution in [0.3, 0.4) is 0 Å². The van der Waals surface area contributed by atoms with Crippen LogP contribution in [0.15, 0.2) is 35.6 Å². The summed E-state index contributed by atoms with van der Waals surface area (Å²) in [5.41, 5.74) is 0.787. The Morgan fingerprint density at radius 3 is 2.10 bits per heavy atom. The molecule has 0 heterocycles. The molecule has 0 aliphatic heterocycles. The molecule has 2 saturated carbocycles. The Balaban J connectivity index is 1.52. The molecule has 3 aliphatic carbocycles. The van der Waals surface area contributed by atoms with E-state index in [0.717, 1.165) is 30.3 Å². The van der Waals surface area contributed by atoms with Gasteiger partial charge in [0.15, 0.2) is 0 Å². The van der Waals surface area contributed by atoms with E-state index in [0.29, 0.717) is 24.5 Å². The zero-order valence-corrected chi connectivity index (χ0v) is 18.9. The Hall–Kier alpha value is -1.12. The summed E-state index contributed by atoms with van der Waals surface area (Å²) >= 11 is 0.